The van der Waals surface area contributed by atoms with Crippen LogP contribution in [-0.2, 0) is 0 Å². The van der Waals surface area contributed by atoms with E-state index in [1.165, 1.54) is 28.0 Å². The molecule has 6 rings (SSSR count). The fraction of sp³-hybridized carbons (Fsp3) is 0.0345. The predicted molar refractivity (Wildman–Crippen MR) is 147 cm³/mol. The summed E-state index contributed by atoms with van der Waals surface area (Å²) in [7, 11) is 1.62. The van der Waals surface area contributed by atoms with Crippen LogP contribution in [0, 0.1) is 5.82 Å². The Morgan fingerprint density at radius 3 is 2.53 bits per heavy atom. The van der Waals surface area contributed by atoms with Gasteiger partial charge in [-0.15, -0.1) is 5.10 Å². The summed E-state index contributed by atoms with van der Waals surface area (Å²) in [4.78, 5) is 18.2. The van der Waals surface area contributed by atoms with Crippen molar-refractivity contribution in [3.63, 3.8) is 0 Å². The Bertz CT molecular complexity index is 1890. The van der Waals surface area contributed by atoms with E-state index in [4.69, 9.17) is 9.84 Å². The van der Waals surface area contributed by atoms with E-state index < -0.39 is 0 Å². The normalized spacial score (nSPS) is 12.1. The molecule has 0 fully saturated rings. The minimum Gasteiger partial charge on any atom is -0.497 e. The smallest absolute Gasteiger partial charge is 0.291 e. The van der Waals surface area contributed by atoms with Gasteiger partial charge in [-0.2, -0.15) is 14.6 Å². The maximum Gasteiger partial charge on any atom is 0.291 e. The number of methoxy groups -OCH3 is 1. The number of nitrogens with zero attached hydrogens (tertiary/aromatic N) is 5. The van der Waals surface area contributed by atoms with Gasteiger partial charge in [0.2, 0.25) is 4.96 Å². The summed E-state index contributed by atoms with van der Waals surface area (Å²) in [6.45, 7) is 0. The monoisotopic (exact) mass is 521 g/mol. The number of benzene rings is 3. The third-order valence-electron chi connectivity index (χ3n) is 5.89. The number of para-hydroxylation sites is 1. The summed E-state index contributed by atoms with van der Waals surface area (Å²) in [5, 5.41) is 9.18. The van der Waals surface area contributed by atoms with Gasteiger partial charge in [0.05, 0.1) is 17.3 Å². The van der Waals surface area contributed by atoms with Crippen LogP contribution in [0.25, 0.3) is 40.1 Å². The Labute approximate surface area is 220 Å². The lowest BCUT2D eigenvalue weighted by atomic mass is 10.1. The van der Waals surface area contributed by atoms with Gasteiger partial charge in [0.1, 0.15) is 17.3 Å². The second kappa shape index (κ2) is 9.87. The van der Waals surface area contributed by atoms with E-state index >= 15 is 0 Å². The summed E-state index contributed by atoms with van der Waals surface area (Å²) < 4.78 is 22.1. The van der Waals surface area contributed by atoms with Crippen molar-refractivity contribution in [1.29, 1.82) is 0 Å². The molecule has 0 aliphatic heterocycles. The summed E-state index contributed by atoms with van der Waals surface area (Å²) >= 11 is 1.26. The number of thiazole rings is 1. The first kappa shape index (κ1) is 23.5. The Kier molecular flexibility index (Phi) is 6.11. The summed E-state index contributed by atoms with van der Waals surface area (Å²) in [6, 6.07) is 23.5. The van der Waals surface area contributed by atoms with Gasteiger partial charge in [-0.1, -0.05) is 59.9 Å². The molecule has 3 aromatic heterocycles. The summed E-state index contributed by atoms with van der Waals surface area (Å²) in [5.41, 5.74) is 3.81. The second-order valence-electron chi connectivity index (χ2n) is 8.41. The lowest BCUT2D eigenvalue weighted by Gasteiger charge is -2.03. The van der Waals surface area contributed by atoms with E-state index in [0.717, 1.165) is 22.4 Å². The number of aromatic nitrogens is 5. The molecule has 0 spiro atoms. The SMILES string of the molecule is COc1cccc(-c2nn(-c3ccccc3)cc2/C=c2\sc3nc(/C=C/c4ccc(F)cc4)nn3c2=O)c1. The van der Waals surface area contributed by atoms with Gasteiger partial charge in [-0.25, -0.2) is 9.07 Å². The van der Waals surface area contributed by atoms with Crippen LogP contribution in [0.3, 0.4) is 0 Å². The number of ether oxygens (including phenoxy) is 1. The Hall–Kier alpha value is -4.89. The second-order valence-corrected chi connectivity index (χ2v) is 9.42. The maximum atomic E-state index is 13.2. The fourth-order valence-corrected chi connectivity index (χ4v) is 4.91. The van der Waals surface area contributed by atoms with Crippen LogP contribution in [0.4, 0.5) is 4.39 Å². The van der Waals surface area contributed by atoms with Crippen LogP contribution in [0.1, 0.15) is 17.0 Å². The molecule has 0 radical (unpaired) electrons. The van der Waals surface area contributed by atoms with Crippen molar-refractivity contribution < 1.29 is 9.13 Å². The van der Waals surface area contributed by atoms with Crippen molar-refractivity contribution in [2.45, 2.75) is 0 Å². The third kappa shape index (κ3) is 4.62. The molecular formula is C29H20FN5O2S. The molecule has 0 aliphatic carbocycles. The standard InChI is InChI=1S/C29H20FN5O2S/c1-37-24-9-5-6-20(16-24)27-21(18-34(33-27)23-7-3-2-4-8-23)17-25-28(36)35-29(38-25)31-26(32-35)15-12-19-10-13-22(30)14-11-19/h2-18H,1H3/b15-12+,25-17-. The quantitative estimate of drug-likeness (QED) is 0.313. The molecule has 6 aromatic rings. The van der Waals surface area contributed by atoms with E-state index in [0.29, 0.717) is 26.8 Å². The van der Waals surface area contributed by atoms with Gasteiger partial charge in [-0.05, 0) is 54.1 Å². The van der Waals surface area contributed by atoms with Crippen molar-refractivity contribution in [2.75, 3.05) is 7.11 Å². The molecule has 3 aromatic carbocycles. The highest BCUT2D eigenvalue weighted by Crippen LogP contribution is 2.27. The van der Waals surface area contributed by atoms with E-state index in [9.17, 15) is 9.18 Å². The number of rotatable bonds is 6. The first-order valence-electron chi connectivity index (χ1n) is 11.7. The Morgan fingerprint density at radius 1 is 0.947 bits per heavy atom. The molecule has 0 atom stereocenters. The van der Waals surface area contributed by atoms with Gasteiger partial charge in [0.25, 0.3) is 5.56 Å². The topological polar surface area (TPSA) is 74.3 Å². The zero-order valence-corrected chi connectivity index (χ0v) is 21.0. The largest absolute Gasteiger partial charge is 0.497 e. The van der Waals surface area contributed by atoms with Crippen LogP contribution in [0.15, 0.2) is 89.9 Å². The summed E-state index contributed by atoms with van der Waals surface area (Å²) in [5.74, 6) is 0.817. The van der Waals surface area contributed by atoms with Crippen LogP contribution in [-0.4, -0.2) is 31.5 Å². The van der Waals surface area contributed by atoms with Crippen LogP contribution in [0.5, 0.6) is 5.75 Å². The molecule has 0 bridgehead atoms. The van der Waals surface area contributed by atoms with E-state index in [2.05, 4.69) is 10.1 Å². The van der Waals surface area contributed by atoms with E-state index in [-0.39, 0.29) is 11.4 Å². The number of hydrogen-bond donors (Lipinski definition) is 0. The first-order valence-corrected chi connectivity index (χ1v) is 12.5. The van der Waals surface area contributed by atoms with E-state index in [1.54, 1.807) is 36.1 Å². The third-order valence-corrected chi connectivity index (χ3v) is 6.85. The Morgan fingerprint density at radius 2 is 1.76 bits per heavy atom. The molecule has 0 saturated carbocycles. The summed E-state index contributed by atoms with van der Waals surface area (Å²) in [6.07, 6.45) is 7.18. The van der Waals surface area contributed by atoms with Crippen molar-refractivity contribution in [3.8, 4) is 22.7 Å². The van der Waals surface area contributed by atoms with E-state index in [1.807, 2.05) is 66.9 Å². The lowest BCUT2D eigenvalue weighted by Crippen LogP contribution is -2.23. The average molecular weight is 522 g/mol. The molecule has 0 saturated heterocycles. The molecule has 38 heavy (non-hydrogen) atoms. The molecule has 9 heteroatoms. The maximum absolute atomic E-state index is 13.2. The number of halogens is 1. The zero-order valence-electron chi connectivity index (χ0n) is 20.2. The van der Waals surface area contributed by atoms with Crippen molar-refractivity contribution in [3.05, 3.63) is 123 Å². The zero-order chi connectivity index (χ0) is 26.1. The molecule has 0 unspecified atom stereocenters. The molecule has 0 amide bonds. The van der Waals surface area contributed by atoms with Crippen molar-refractivity contribution in [1.82, 2.24) is 24.4 Å². The molecule has 7 nitrogen and oxygen atoms in total. The highest BCUT2D eigenvalue weighted by molar-refractivity contribution is 7.15. The van der Waals surface area contributed by atoms with Crippen LogP contribution in [0.2, 0.25) is 0 Å². The predicted octanol–water partition coefficient (Wildman–Crippen LogP) is 4.87. The van der Waals surface area contributed by atoms with Crippen molar-refractivity contribution >= 4 is 34.5 Å². The molecular weight excluding hydrogens is 501 g/mol. The molecule has 0 N–H and O–H groups in total. The van der Waals surface area contributed by atoms with Gasteiger partial charge < -0.3 is 4.74 Å². The molecule has 0 aliphatic rings. The highest BCUT2D eigenvalue weighted by Gasteiger charge is 2.14. The molecule has 186 valence electrons. The van der Waals surface area contributed by atoms with Gasteiger partial charge in [0.15, 0.2) is 5.82 Å². The number of fused-ring (bicyclic) bond motifs is 1. The van der Waals surface area contributed by atoms with Gasteiger partial charge >= 0.3 is 0 Å². The van der Waals surface area contributed by atoms with Crippen molar-refractivity contribution in [2.24, 2.45) is 0 Å². The van der Waals surface area contributed by atoms with Gasteiger partial charge in [-0.3, -0.25) is 4.79 Å². The minimum atomic E-state index is -0.300. The Balaban J connectivity index is 1.41. The lowest BCUT2D eigenvalue weighted by molar-refractivity contribution is 0.415. The molecule has 3 heterocycles. The number of hydrogen-bond acceptors (Lipinski definition) is 6. The fourth-order valence-electron chi connectivity index (χ4n) is 4.01. The minimum absolute atomic E-state index is 0.261. The van der Waals surface area contributed by atoms with Crippen LogP contribution >= 0.6 is 11.3 Å². The van der Waals surface area contributed by atoms with Gasteiger partial charge in [0, 0.05) is 17.3 Å². The average Bonchev–Trinajstić information content (AvgIpc) is 3.64. The highest BCUT2D eigenvalue weighted by atomic mass is 32.1. The van der Waals surface area contributed by atoms with Crippen LogP contribution < -0.4 is 14.8 Å². The first-order chi connectivity index (χ1) is 18.6.